The molecule has 0 saturated carbocycles. The first-order chi connectivity index (χ1) is 22.5. The van der Waals surface area contributed by atoms with Gasteiger partial charge in [0.05, 0.1) is 6.26 Å². The van der Waals surface area contributed by atoms with Crippen LogP contribution in [-0.2, 0) is 23.2 Å². The van der Waals surface area contributed by atoms with E-state index in [1.54, 1.807) is 41.4 Å². The number of ether oxygens (including phenoxy) is 1. The number of sulfonamides is 1. The predicted molar refractivity (Wildman–Crippen MR) is 180 cm³/mol. The molecular formula is C34H37FN6O5S. The highest BCUT2D eigenvalue weighted by Gasteiger charge is 2.29. The number of halogens is 1. The van der Waals surface area contributed by atoms with Crippen LogP contribution in [0.3, 0.4) is 0 Å². The summed E-state index contributed by atoms with van der Waals surface area (Å²) in [5.74, 6) is 0.235. The lowest BCUT2D eigenvalue weighted by Crippen LogP contribution is -2.49. The summed E-state index contributed by atoms with van der Waals surface area (Å²) in [6.07, 6.45) is 4.33. The molecular weight excluding hydrogens is 623 g/mol. The maximum Gasteiger partial charge on any atom is 0.326 e. The van der Waals surface area contributed by atoms with Crippen LogP contribution in [-0.4, -0.2) is 55.6 Å². The van der Waals surface area contributed by atoms with Gasteiger partial charge in [-0.25, -0.2) is 22.6 Å². The van der Waals surface area contributed by atoms with E-state index in [2.05, 4.69) is 19.9 Å². The summed E-state index contributed by atoms with van der Waals surface area (Å²) in [6, 6.07) is 22.2. The van der Waals surface area contributed by atoms with Gasteiger partial charge >= 0.3 is 6.03 Å². The Morgan fingerprint density at radius 1 is 1.02 bits per heavy atom. The van der Waals surface area contributed by atoms with Crippen LogP contribution >= 0.6 is 0 Å². The first kappa shape index (κ1) is 33.4. The van der Waals surface area contributed by atoms with Crippen LogP contribution in [0.5, 0.6) is 11.6 Å². The summed E-state index contributed by atoms with van der Waals surface area (Å²) in [5.41, 5.74) is 8.97. The smallest absolute Gasteiger partial charge is 0.326 e. The Kier molecular flexibility index (Phi) is 10.4. The molecule has 5 rings (SSSR count). The van der Waals surface area contributed by atoms with Gasteiger partial charge in [-0.05, 0) is 78.9 Å². The van der Waals surface area contributed by atoms with E-state index >= 15 is 0 Å². The second-order valence-corrected chi connectivity index (χ2v) is 13.2. The number of hydrogen-bond donors (Lipinski definition) is 3. The number of alkyl halides is 1. The van der Waals surface area contributed by atoms with E-state index in [0.29, 0.717) is 29.5 Å². The number of nitrogens with zero attached hydrogens (tertiary/aromatic N) is 3. The third-order valence-corrected chi connectivity index (χ3v) is 8.45. The Balaban J connectivity index is 1.20. The van der Waals surface area contributed by atoms with Gasteiger partial charge < -0.3 is 15.8 Å². The largest absolute Gasteiger partial charge is 0.439 e. The molecule has 11 nitrogen and oxygen atoms in total. The van der Waals surface area contributed by atoms with E-state index in [9.17, 15) is 22.4 Å². The van der Waals surface area contributed by atoms with Crippen molar-refractivity contribution in [3.63, 3.8) is 0 Å². The third-order valence-electron chi connectivity index (χ3n) is 7.84. The Hall–Kier alpha value is -5.01. The van der Waals surface area contributed by atoms with Gasteiger partial charge in [0.15, 0.2) is 0 Å². The van der Waals surface area contributed by atoms with Crippen LogP contribution in [0, 0.1) is 6.92 Å². The van der Waals surface area contributed by atoms with Crippen LogP contribution in [0.1, 0.15) is 39.9 Å². The van der Waals surface area contributed by atoms with Gasteiger partial charge in [-0.1, -0.05) is 30.3 Å². The number of nitrogens with one attached hydrogen (secondary N) is 2. The number of likely N-dealkylation sites (tertiary alicyclic amines) is 1. The first-order valence-electron chi connectivity index (χ1n) is 15.1. The van der Waals surface area contributed by atoms with E-state index in [1.165, 1.54) is 12.1 Å². The summed E-state index contributed by atoms with van der Waals surface area (Å²) >= 11 is 0. The fraction of sp³-hybridized carbons (Fsp3) is 0.265. The quantitative estimate of drug-likeness (QED) is 0.184. The summed E-state index contributed by atoms with van der Waals surface area (Å²) in [4.78, 5) is 34.0. The van der Waals surface area contributed by atoms with Crippen LogP contribution in [0.4, 0.5) is 26.2 Å². The fourth-order valence-electron chi connectivity index (χ4n) is 5.58. The topological polar surface area (TPSA) is 147 Å². The maximum atomic E-state index is 13.6. The Morgan fingerprint density at radius 3 is 2.36 bits per heavy atom. The molecule has 1 aliphatic rings. The minimum absolute atomic E-state index is 0.0345. The molecule has 0 atom stereocenters. The number of rotatable bonds is 11. The van der Waals surface area contributed by atoms with Gasteiger partial charge in [0.25, 0.3) is 0 Å². The van der Waals surface area contributed by atoms with Gasteiger partial charge in [-0.3, -0.25) is 19.3 Å². The highest BCUT2D eigenvalue weighted by Crippen LogP contribution is 2.29. The maximum absolute atomic E-state index is 13.6. The normalized spacial score (nSPS) is 13.9. The summed E-state index contributed by atoms with van der Waals surface area (Å²) in [5, 5.41) is 2.87. The molecule has 246 valence electrons. The number of primary amides is 1. The fourth-order valence-corrected chi connectivity index (χ4v) is 6.13. The van der Waals surface area contributed by atoms with Crippen molar-refractivity contribution in [3.8, 4) is 11.6 Å². The van der Waals surface area contributed by atoms with Crippen LogP contribution in [0.25, 0.3) is 0 Å². The summed E-state index contributed by atoms with van der Waals surface area (Å²) in [6.45, 7) is 3.18. The number of urea groups is 1. The van der Waals surface area contributed by atoms with E-state index in [-0.39, 0.29) is 23.2 Å². The number of anilines is 3. The molecule has 1 saturated heterocycles. The van der Waals surface area contributed by atoms with Gasteiger partial charge in [-0.15, -0.1) is 0 Å². The molecule has 1 aromatic heterocycles. The second-order valence-electron chi connectivity index (χ2n) is 11.5. The van der Waals surface area contributed by atoms with Gasteiger partial charge in [-0.2, -0.15) is 0 Å². The highest BCUT2D eigenvalue weighted by molar-refractivity contribution is 7.92. The number of pyridine rings is 1. The molecule has 3 aromatic carbocycles. The predicted octanol–water partition coefficient (Wildman–Crippen LogP) is 5.83. The van der Waals surface area contributed by atoms with E-state index < -0.39 is 22.6 Å². The number of piperidine rings is 1. The van der Waals surface area contributed by atoms with Crippen molar-refractivity contribution in [1.82, 2.24) is 9.88 Å². The molecule has 1 aliphatic heterocycles. The molecule has 4 N–H and O–H groups in total. The lowest BCUT2D eigenvalue weighted by atomic mass is 10.0. The molecule has 3 amide bonds. The number of para-hydroxylation sites is 1. The number of hydrogen-bond acceptors (Lipinski definition) is 7. The van der Waals surface area contributed by atoms with E-state index in [4.69, 9.17) is 10.5 Å². The Labute approximate surface area is 273 Å². The number of aryl methyl sites for hydroxylation is 1. The lowest BCUT2D eigenvalue weighted by molar-refractivity contribution is 0.0998. The zero-order chi connectivity index (χ0) is 33.6. The summed E-state index contributed by atoms with van der Waals surface area (Å²) in [7, 11) is -3.37. The molecule has 47 heavy (non-hydrogen) atoms. The van der Waals surface area contributed by atoms with Crippen molar-refractivity contribution in [2.24, 2.45) is 5.73 Å². The molecule has 0 radical (unpaired) electrons. The molecule has 4 aromatic rings. The number of amides is 3. The number of carbonyl (C=O) groups is 2. The standard InChI is InChI=1S/C34H37FN6O5S/c1-23-18-27(39-47(2,44)45)11-12-31(23)46-32-13-8-24(21-37-32)22-40-16-14-29(15-17-40)41(28-6-4-3-5-7-28)34(43)38-26-10-9-25(20-35)30(19-26)33(36)42/h3-13,18-19,21,29,39H,14-17,20,22H2,1-2H3,(H2,36,42)(H,38,43). The minimum atomic E-state index is -3.37. The van der Waals surface area contributed by atoms with E-state index in [0.717, 1.165) is 49.0 Å². The first-order valence-corrected chi connectivity index (χ1v) is 17.0. The van der Waals surface area contributed by atoms with Crippen molar-refractivity contribution in [1.29, 1.82) is 0 Å². The zero-order valence-electron chi connectivity index (χ0n) is 26.1. The monoisotopic (exact) mass is 660 g/mol. The molecule has 0 spiro atoms. The van der Waals surface area contributed by atoms with Crippen LogP contribution in [0.2, 0.25) is 0 Å². The van der Waals surface area contributed by atoms with Crippen LogP contribution < -0.4 is 25.4 Å². The number of aromatic nitrogens is 1. The second kappa shape index (κ2) is 14.6. The molecule has 0 aliphatic carbocycles. The average Bonchev–Trinajstić information content (AvgIpc) is 3.04. The lowest BCUT2D eigenvalue weighted by Gasteiger charge is -2.38. The molecule has 2 heterocycles. The Morgan fingerprint density at radius 2 is 1.74 bits per heavy atom. The SMILES string of the molecule is Cc1cc(NS(C)(=O)=O)ccc1Oc1ccc(CN2CCC(N(C(=O)Nc3ccc(CF)c(C(N)=O)c3)c3ccccc3)CC2)cn1. The third kappa shape index (κ3) is 8.83. The molecule has 13 heteroatoms. The number of nitrogens with two attached hydrogens (primary N) is 1. The number of carbonyl (C=O) groups excluding carboxylic acids is 2. The average molecular weight is 661 g/mol. The van der Waals surface area contributed by atoms with Crippen LogP contribution in [0.15, 0.2) is 85.1 Å². The van der Waals surface area contributed by atoms with Gasteiger partial charge in [0, 0.05) is 60.6 Å². The van der Waals surface area contributed by atoms with Crippen molar-refractivity contribution in [2.45, 2.75) is 39.0 Å². The minimum Gasteiger partial charge on any atom is -0.439 e. The molecule has 0 bridgehead atoms. The van der Waals surface area contributed by atoms with Gasteiger partial charge in [0.2, 0.25) is 21.8 Å². The molecule has 1 fully saturated rings. The van der Waals surface area contributed by atoms with Crippen molar-refractivity contribution in [2.75, 3.05) is 34.3 Å². The van der Waals surface area contributed by atoms with Gasteiger partial charge in [0.1, 0.15) is 12.4 Å². The zero-order valence-corrected chi connectivity index (χ0v) is 27.0. The summed E-state index contributed by atoms with van der Waals surface area (Å²) < 4.78 is 44.7. The molecule has 0 unspecified atom stereocenters. The van der Waals surface area contributed by atoms with Crippen molar-refractivity contribution in [3.05, 3.63) is 107 Å². The van der Waals surface area contributed by atoms with E-state index in [1.807, 2.05) is 43.3 Å². The highest BCUT2D eigenvalue weighted by atomic mass is 32.2. The number of benzene rings is 3. The van der Waals surface area contributed by atoms with Crippen molar-refractivity contribution >= 4 is 39.0 Å². The van der Waals surface area contributed by atoms with Crippen molar-refractivity contribution < 1.29 is 27.1 Å². The Bertz CT molecular complexity index is 1830.